The zero-order chi connectivity index (χ0) is 21.5. The highest BCUT2D eigenvalue weighted by Gasteiger charge is 2.19. The van der Waals surface area contributed by atoms with Crippen molar-refractivity contribution in [3.8, 4) is 23.0 Å². The molecule has 30 heavy (non-hydrogen) atoms. The van der Waals surface area contributed by atoms with E-state index in [1.807, 2.05) is 37.3 Å². The van der Waals surface area contributed by atoms with Crippen LogP contribution in [0.2, 0.25) is 0 Å². The van der Waals surface area contributed by atoms with Crippen LogP contribution in [0.1, 0.15) is 49.8 Å². The fourth-order valence-corrected chi connectivity index (χ4v) is 3.79. The first kappa shape index (κ1) is 21.8. The van der Waals surface area contributed by atoms with Crippen LogP contribution in [0, 0.1) is 0 Å². The molecule has 0 spiro atoms. The number of methoxy groups -OCH3 is 3. The number of hydrogen-bond acceptors (Lipinski definition) is 5. The van der Waals surface area contributed by atoms with Gasteiger partial charge in [0.05, 0.1) is 39.9 Å². The second-order valence-corrected chi connectivity index (χ2v) is 7.59. The fourth-order valence-electron chi connectivity index (χ4n) is 3.79. The van der Waals surface area contributed by atoms with Crippen LogP contribution in [-0.4, -0.2) is 33.3 Å². The Hall–Kier alpha value is -2.89. The van der Waals surface area contributed by atoms with Gasteiger partial charge in [0.15, 0.2) is 23.0 Å². The number of rotatable bonds is 9. The molecule has 0 aliphatic heterocycles. The van der Waals surface area contributed by atoms with Crippen molar-refractivity contribution >= 4 is 5.91 Å². The molecule has 1 atom stereocenters. The third kappa shape index (κ3) is 5.38. The lowest BCUT2D eigenvalue weighted by molar-refractivity contribution is -0.121. The summed E-state index contributed by atoms with van der Waals surface area (Å²) in [5.74, 6) is 2.64. The van der Waals surface area contributed by atoms with Gasteiger partial charge in [-0.2, -0.15) is 0 Å². The summed E-state index contributed by atoms with van der Waals surface area (Å²) in [5, 5.41) is 3.05. The Morgan fingerprint density at radius 2 is 1.57 bits per heavy atom. The van der Waals surface area contributed by atoms with Crippen molar-refractivity contribution in [3.63, 3.8) is 0 Å². The summed E-state index contributed by atoms with van der Waals surface area (Å²) in [6.07, 6.45) is 5.14. The molecule has 0 radical (unpaired) electrons. The minimum absolute atomic E-state index is 0.0695. The number of ether oxygens (including phenoxy) is 4. The second-order valence-electron chi connectivity index (χ2n) is 7.59. The summed E-state index contributed by atoms with van der Waals surface area (Å²) in [6.45, 7) is 1.96. The van der Waals surface area contributed by atoms with E-state index in [9.17, 15) is 4.79 Å². The molecule has 1 unspecified atom stereocenters. The Morgan fingerprint density at radius 1 is 0.933 bits per heavy atom. The van der Waals surface area contributed by atoms with Gasteiger partial charge in [-0.05, 0) is 68.0 Å². The van der Waals surface area contributed by atoms with Gasteiger partial charge in [-0.3, -0.25) is 4.79 Å². The Labute approximate surface area is 178 Å². The van der Waals surface area contributed by atoms with Gasteiger partial charge in [0.25, 0.3) is 0 Å². The maximum absolute atomic E-state index is 12.6. The molecule has 0 heterocycles. The highest BCUT2D eigenvalue weighted by molar-refractivity contribution is 5.79. The summed E-state index contributed by atoms with van der Waals surface area (Å²) in [5.41, 5.74) is 1.82. The molecule has 1 saturated carbocycles. The van der Waals surface area contributed by atoms with Crippen LogP contribution < -0.4 is 24.3 Å². The van der Waals surface area contributed by atoms with Crippen LogP contribution >= 0.6 is 0 Å². The fraction of sp³-hybridized carbons (Fsp3) is 0.458. The highest BCUT2D eigenvalue weighted by atomic mass is 16.5. The number of benzene rings is 2. The first-order valence-electron chi connectivity index (χ1n) is 10.4. The van der Waals surface area contributed by atoms with Crippen molar-refractivity contribution in [1.29, 1.82) is 0 Å². The largest absolute Gasteiger partial charge is 0.493 e. The maximum Gasteiger partial charge on any atom is 0.224 e. The molecule has 1 aliphatic carbocycles. The van der Waals surface area contributed by atoms with Crippen LogP contribution in [0.5, 0.6) is 23.0 Å². The lowest BCUT2D eigenvalue weighted by Gasteiger charge is -2.19. The first-order chi connectivity index (χ1) is 14.5. The van der Waals surface area contributed by atoms with E-state index in [2.05, 4.69) is 5.32 Å². The molecule has 6 heteroatoms. The topological polar surface area (TPSA) is 66.0 Å². The molecule has 1 amide bonds. The van der Waals surface area contributed by atoms with E-state index in [4.69, 9.17) is 18.9 Å². The summed E-state index contributed by atoms with van der Waals surface area (Å²) < 4.78 is 22.2. The van der Waals surface area contributed by atoms with E-state index in [0.29, 0.717) is 17.2 Å². The number of nitrogens with one attached hydrogen (secondary N) is 1. The second kappa shape index (κ2) is 10.2. The normalized spacial score (nSPS) is 14.8. The van der Waals surface area contributed by atoms with Gasteiger partial charge in [0.2, 0.25) is 5.91 Å². The molecule has 6 nitrogen and oxygen atoms in total. The van der Waals surface area contributed by atoms with E-state index in [1.165, 1.54) is 12.8 Å². The standard InChI is InChI=1S/C24H31NO5/c1-16(25-24(26)14-17-9-11-20(27-2)22(13-17)28-3)18-10-12-21(23(15-18)29-4)30-19-7-5-6-8-19/h9-13,15-16,19H,5-8,14H2,1-4H3,(H,25,26). The third-order valence-electron chi connectivity index (χ3n) is 5.47. The molecule has 2 aromatic rings. The van der Waals surface area contributed by atoms with E-state index in [0.717, 1.165) is 29.7 Å². The van der Waals surface area contributed by atoms with Gasteiger partial charge in [0.1, 0.15) is 0 Å². The molecule has 0 bridgehead atoms. The summed E-state index contributed by atoms with van der Waals surface area (Å²) in [7, 11) is 4.81. The minimum Gasteiger partial charge on any atom is -0.493 e. The molecule has 1 N–H and O–H groups in total. The molecule has 3 rings (SSSR count). The average Bonchev–Trinajstić information content (AvgIpc) is 3.26. The molecule has 2 aromatic carbocycles. The first-order valence-corrected chi connectivity index (χ1v) is 10.4. The Morgan fingerprint density at radius 3 is 2.23 bits per heavy atom. The van der Waals surface area contributed by atoms with Crippen molar-refractivity contribution in [2.45, 2.75) is 51.2 Å². The number of amides is 1. The molecule has 0 aromatic heterocycles. The van der Waals surface area contributed by atoms with E-state index >= 15 is 0 Å². The van der Waals surface area contributed by atoms with Crippen molar-refractivity contribution in [1.82, 2.24) is 5.32 Å². The molecule has 1 aliphatic rings. The number of carbonyl (C=O) groups excluding carboxylic acids is 1. The van der Waals surface area contributed by atoms with Gasteiger partial charge >= 0.3 is 0 Å². The molecule has 0 saturated heterocycles. The van der Waals surface area contributed by atoms with Gasteiger partial charge < -0.3 is 24.3 Å². The lowest BCUT2D eigenvalue weighted by atomic mass is 10.1. The Bertz CT molecular complexity index is 861. The molecule has 162 valence electrons. The van der Waals surface area contributed by atoms with Crippen LogP contribution in [0.25, 0.3) is 0 Å². The van der Waals surface area contributed by atoms with Gasteiger partial charge in [-0.15, -0.1) is 0 Å². The zero-order valence-electron chi connectivity index (χ0n) is 18.2. The van der Waals surface area contributed by atoms with Crippen LogP contribution in [0.3, 0.4) is 0 Å². The smallest absolute Gasteiger partial charge is 0.224 e. The minimum atomic E-state index is -0.160. The van der Waals surface area contributed by atoms with Crippen LogP contribution in [0.15, 0.2) is 36.4 Å². The monoisotopic (exact) mass is 413 g/mol. The van der Waals surface area contributed by atoms with Crippen LogP contribution in [-0.2, 0) is 11.2 Å². The predicted molar refractivity (Wildman–Crippen MR) is 116 cm³/mol. The number of hydrogen-bond donors (Lipinski definition) is 1. The third-order valence-corrected chi connectivity index (χ3v) is 5.47. The van der Waals surface area contributed by atoms with E-state index in [1.54, 1.807) is 27.4 Å². The average molecular weight is 414 g/mol. The maximum atomic E-state index is 12.6. The number of carbonyl (C=O) groups is 1. The Kier molecular flexibility index (Phi) is 7.44. The van der Waals surface area contributed by atoms with Gasteiger partial charge in [-0.1, -0.05) is 12.1 Å². The van der Waals surface area contributed by atoms with E-state index < -0.39 is 0 Å². The van der Waals surface area contributed by atoms with Gasteiger partial charge in [-0.25, -0.2) is 0 Å². The quantitative estimate of drug-likeness (QED) is 0.658. The lowest BCUT2D eigenvalue weighted by Crippen LogP contribution is -2.28. The highest BCUT2D eigenvalue weighted by Crippen LogP contribution is 2.34. The summed E-state index contributed by atoms with van der Waals surface area (Å²) in [6, 6.07) is 11.2. The summed E-state index contributed by atoms with van der Waals surface area (Å²) in [4.78, 5) is 12.6. The van der Waals surface area contributed by atoms with Crippen molar-refractivity contribution in [2.75, 3.05) is 21.3 Å². The van der Waals surface area contributed by atoms with Crippen molar-refractivity contribution < 1.29 is 23.7 Å². The van der Waals surface area contributed by atoms with Crippen molar-refractivity contribution in [3.05, 3.63) is 47.5 Å². The zero-order valence-corrected chi connectivity index (χ0v) is 18.2. The van der Waals surface area contributed by atoms with Crippen molar-refractivity contribution in [2.24, 2.45) is 0 Å². The van der Waals surface area contributed by atoms with E-state index in [-0.39, 0.29) is 24.5 Å². The van der Waals surface area contributed by atoms with Crippen LogP contribution in [0.4, 0.5) is 0 Å². The molecule has 1 fully saturated rings. The van der Waals surface area contributed by atoms with Gasteiger partial charge in [0, 0.05) is 0 Å². The molecular formula is C24H31NO5. The summed E-state index contributed by atoms with van der Waals surface area (Å²) >= 11 is 0. The predicted octanol–water partition coefficient (Wildman–Crippen LogP) is 4.45. The molecular weight excluding hydrogens is 382 g/mol. The SMILES string of the molecule is COc1ccc(CC(=O)NC(C)c2ccc(OC3CCCC3)c(OC)c2)cc1OC. The Balaban J connectivity index is 1.63.